The summed E-state index contributed by atoms with van der Waals surface area (Å²) in [6.07, 6.45) is 5.03. The highest BCUT2D eigenvalue weighted by Crippen LogP contribution is 2.29. The quantitative estimate of drug-likeness (QED) is 0.328. The molecule has 7 heteroatoms. The van der Waals surface area contributed by atoms with Gasteiger partial charge in [0.05, 0.1) is 32.0 Å². The van der Waals surface area contributed by atoms with Gasteiger partial charge >= 0.3 is 0 Å². The fourth-order valence-electron chi connectivity index (χ4n) is 3.89. The molecule has 0 radical (unpaired) electrons. The molecule has 0 unspecified atom stereocenters. The SMILES string of the molecule is COc1cc(CC/C=C(/N=C/c2cccc(Cl)c2)C(=O)N2CCOCC2(C)C)ccc1OC(C)C. The highest BCUT2D eigenvalue weighted by atomic mass is 35.5. The maximum absolute atomic E-state index is 13.5. The van der Waals surface area contributed by atoms with Gasteiger partial charge in [0.25, 0.3) is 5.91 Å². The summed E-state index contributed by atoms with van der Waals surface area (Å²) in [6, 6.07) is 13.3. The van der Waals surface area contributed by atoms with Gasteiger partial charge in [-0.25, -0.2) is 0 Å². The van der Waals surface area contributed by atoms with Gasteiger partial charge in [-0.15, -0.1) is 0 Å². The Kier molecular flexibility index (Phi) is 9.35. The molecule has 0 N–H and O–H groups in total. The zero-order valence-corrected chi connectivity index (χ0v) is 22.0. The van der Waals surface area contributed by atoms with Crippen molar-refractivity contribution >= 4 is 23.7 Å². The van der Waals surface area contributed by atoms with Crippen LogP contribution in [0.5, 0.6) is 11.5 Å². The number of hydrogen-bond donors (Lipinski definition) is 0. The van der Waals surface area contributed by atoms with Gasteiger partial charge in [0, 0.05) is 17.8 Å². The van der Waals surface area contributed by atoms with Gasteiger partial charge in [-0.3, -0.25) is 9.79 Å². The smallest absolute Gasteiger partial charge is 0.272 e. The summed E-state index contributed by atoms with van der Waals surface area (Å²) in [5.41, 5.74) is 1.93. The standard InChI is InChI=1S/C28H35ClN2O4/c1-20(2)35-25-13-12-21(17-26(25)33-5)8-7-11-24(30-18-22-9-6-10-23(29)16-22)27(32)31-14-15-34-19-28(31,3)4/h6,9-13,16-18,20H,7-8,14-15,19H2,1-5H3/b24-11+,30-18+. The fourth-order valence-corrected chi connectivity index (χ4v) is 4.09. The van der Waals surface area contributed by atoms with Crippen molar-refractivity contribution in [3.05, 3.63) is 70.4 Å². The average molecular weight is 499 g/mol. The summed E-state index contributed by atoms with van der Waals surface area (Å²) in [5.74, 6) is 1.32. The van der Waals surface area contributed by atoms with Gasteiger partial charge in [-0.1, -0.05) is 35.9 Å². The van der Waals surface area contributed by atoms with Crippen LogP contribution in [-0.2, 0) is 16.0 Å². The summed E-state index contributed by atoms with van der Waals surface area (Å²) in [7, 11) is 1.64. The molecule has 1 aliphatic rings. The number of allylic oxidation sites excluding steroid dienone is 1. The second-order valence-electron chi connectivity index (χ2n) is 9.41. The number of nitrogens with zero attached hydrogens (tertiary/aromatic N) is 2. The van der Waals surface area contributed by atoms with Gasteiger partial charge in [0.15, 0.2) is 11.5 Å². The number of amides is 1. The molecule has 0 aromatic heterocycles. The summed E-state index contributed by atoms with van der Waals surface area (Å²) in [6.45, 7) is 9.53. The van der Waals surface area contributed by atoms with Crippen LogP contribution in [0.2, 0.25) is 5.02 Å². The number of aryl methyl sites for hydroxylation is 1. The highest BCUT2D eigenvalue weighted by molar-refractivity contribution is 6.30. The second-order valence-corrected chi connectivity index (χ2v) is 9.85. The Labute approximate surface area is 213 Å². The van der Waals surface area contributed by atoms with E-state index in [4.69, 9.17) is 25.8 Å². The molecule has 1 amide bonds. The topological polar surface area (TPSA) is 60.4 Å². The van der Waals surface area contributed by atoms with E-state index in [0.29, 0.717) is 42.6 Å². The Balaban J connectivity index is 1.81. The lowest BCUT2D eigenvalue weighted by Gasteiger charge is -2.42. The van der Waals surface area contributed by atoms with Crippen LogP contribution in [0.25, 0.3) is 0 Å². The molecule has 35 heavy (non-hydrogen) atoms. The zero-order valence-electron chi connectivity index (χ0n) is 21.2. The summed E-state index contributed by atoms with van der Waals surface area (Å²) in [4.78, 5) is 20.0. The number of rotatable bonds is 9. The third kappa shape index (κ3) is 7.58. The molecule has 1 heterocycles. The maximum atomic E-state index is 13.5. The van der Waals surface area contributed by atoms with E-state index in [-0.39, 0.29) is 12.0 Å². The van der Waals surface area contributed by atoms with E-state index in [1.807, 2.05) is 81.1 Å². The second kappa shape index (κ2) is 12.2. The summed E-state index contributed by atoms with van der Waals surface area (Å²) < 4.78 is 16.9. The lowest BCUT2D eigenvalue weighted by molar-refractivity contribution is -0.142. The van der Waals surface area contributed by atoms with Crippen molar-refractivity contribution in [3.63, 3.8) is 0 Å². The Morgan fingerprint density at radius 3 is 2.71 bits per heavy atom. The van der Waals surface area contributed by atoms with Crippen LogP contribution in [0.15, 0.2) is 59.2 Å². The van der Waals surface area contributed by atoms with Crippen LogP contribution < -0.4 is 9.47 Å². The van der Waals surface area contributed by atoms with Crippen molar-refractivity contribution in [1.29, 1.82) is 0 Å². The van der Waals surface area contributed by atoms with E-state index in [1.54, 1.807) is 13.3 Å². The third-order valence-corrected chi connectivity index (χ3v) is 5.91. The van der Waals surface area contributed by atoms with Crippen molar-refractivity contribution in [2.45, 2.75) is 52.2 Å². The minimum Gasteiger partial charge on any atom is -0.493 e. The van der Waals surface area contributed by atoms with Crippen LogP contribution in [0.1, 0.15) is 45.2 Å². The molecule has 1 fully saturated rings. The zero-order chi connectivity index (χ0) is 25.4. The lowest BCUT2D eigenvalue weighted by atomic mass is 10.0. The molecular formula is C28H35ClN2O4. The van der Waals surface area contributed by atoms with E-state index < -0.39 is 5.54 Å². The van der Waals surface area contributed by atoms with Gasteiger partial charge in [0.2, 0.25) is 0 Å². The normalized spacial score (nSPS) is 16.1. The number of benzene rings is 2. The van der Waals surface area contributed by atoms with E-state index >= 15 is 0 Å². The van der Waals surface area contributed by atoms with Crippen LogP contribution in [-0.4, -0.2) is 55.5 Å². The maximum Gasteiger partial charge on any atom is 0.272 e. The van der Waals surface area contributed by atoms with Gasteiger partial charge in [-0.05, 0) is 75.9 Å². The fraction of sp³-hybridized carbons (Fsp3) is 0.429. The van der Waals surface area contributed by atoms with Crippen molar-refractivity contribution in [2.75, 3.05) is 26.9 Å². The number of carbonyl (C=O) groups excluding carboxylic acids is 1. The number of ether oxygens (including phenoxy) is 3. The molecule has 0 bridgehead atoms. The molecule has 188 valence electrons. The first-order valence-corrected chi connectivity index (χ1v) is 12.3. The molecule has 2 aromatic carbocycles. The largest absolute Gasteiger partial charge is 0.493 e. The predicted molar refractivity (Wildman–Crippen MR) is 141 cm³/mol. The highest BCUT2D eigenvalue weighted by Gasteiger charge is 2.35. The van der Waals surface area contributed by atoms with Crippen LogP contribution in [0.3, 0.4) is 0 Å². The molecule has 0 aliphatic carbocycles. The third-order valence-electron chi connectivity index (χ3n) is 5.67. The number of morpholine rings is 1. The van der Waals surface area contributed by atoms with Crippen LogP contribution in [0, 0.1) is 0 Å². The van der Waals surface area contributed by atoms with Gasteiger partial charge in [-0.2, -0.15) is 0 Å². The van der Waals surface area contributed by atoms with Crippen molar-refractivity contribution < 1.29 is 19.0 Å². The number of carbonyl (C=O) groups is 1. The monoisotopic (exact) mass is 498 g/mol. The number of halogens is 1. The molecule has 3 rings (SSSR count). The molecule has 6 nitrogen and oxygen atoms in total. The Morgan fingerprint density at radius 1 is 1.23 bits per heavy atom. The molecule has 0 spiro atoms. The van der Waals surface area contributed by atoms with Crippen molar-refractivity contribution in [3.8, 4) is 11.5 Å². The number of aliphatic imine (C=N–C) groups is 1. The first kappa shape index (κ1) is 26.8. The minimum atomic E-state index is -0.403. The van der Waals surface area contributed by atoms with E-state index in [9.17, 15) is 4.79 Å². The molecule has 1 saturated heterocycles. The molecule has 1 aliphatic heterocycles. The predicted octanol–water partition coefficient (Wildman–Crippen LogP) is 5.71. The van der Waals surface area contributed by atoms with Crippen LogP contribution >= 0.6 is 11.6 Å². The van der Waals surface area contributed by atoms with Gasteiger partial charge in [0.1, 0.15) is 5.70 Å². The van der Waals surface area contributed by atoms with E-state index in [2.05, 4.69) is 4.99 Å². The Bertz CT molecular complexity index is 1080. The minimum absolute atomic E-state index is 0.0630. The summed E-state index contributed by atoms with van der Waals surface area (Å²) >= 11 is 6.11. The first-order valence-electron chi connectivity index (χ1n) is 11.9. The molecular weight excluding hydrogens is 464 g/mol. The number of hydrogen-bond acceptors (Lipinski definition) is 5. The summed E-state index contributed by atoms with van der Waals surface area (Å²) in [5, 5.41) is 0.624. The van der Waals surface area contributed by atoms with E-state index in [1.165, 1.54) is 0 Å². The average Bonchev–Trinajstić information content (AvgIpc) is 2.81. The first-order chi connectivity index (χ1) is 16.7. The van der Waals surface area contributed by atoms with Crippen molar-refractivity contribution in [2.24, 2.45) is 4.99 Å². The number of methoxy groups -OCH3 is 1. The molecule has 0 saturated carbocycles. The Hall–Kier alpha value is -2.83. The Morgan fingerprint density at radius 2 is 2.03 bits per heavy atom. The lowest BCUT2D eigenvalue weighted by Crippen LogP contribution is -2.55. The van der Waals surface area contributed by atoms with Gasteiger partial charge < -0.3 is 19.1 Å². The molecule has 2 aromatic rings. The van der Waals surface area contributed by atoms with Crippen LogP contribution in [0.4, 0.5) is 0 Å². The van der Waals surface area contributed by atoms with E-state index in [0.717, 1.165) is 23.3 Å². The molecule has 0 atom stereocenters. The van der Waals surface area contributed by atoms with Crippen molar-refractivity contribution in [1.82, 2.24) is 4.90 Å².